The first kappa shape index (κ1) is 64.4. The minimum Gasteiger partial charge on any atom is -0.744 e. The summed E-state index contributed by atoms with van der Waals surface area (Å²) in [5.41, 5.74) is 8.40. The second-order valence-electron chi connectivity index (χ2n) is 16.5. The van der Waals surface area contributed by atoms with E-state index in [0.29, 0.717) is 0 Å². The predicted molar refractivity (Wildman–Crippen MR) is 253 cm³/mol. The Morgan fingerprint density at radius 3 is 1.10 bits per heavy atom. The summed E-state index contributed by atoms with van der Waals surface area (Å²) >= 11 is 0. The summed E-state index contributed by atoms with van der Waals surface area (Å²) in [5, 5.41) is 36.2. The van der Waals surface area contributed by atoms with Crippen LogP contribution in [0.1, 0.15) is 75.6 Å². The van der Waals surface area contributed by atoms with Crippen LogP contribution in [0.2, 0.25) is 0 Å². The Labute approximate surface area is 431 Å². The standard InChI is InChI=1S/2C18H17N3.2C7H8O3S.2Ag.2H2O/c2*1-18(2)9-15(6-5-14-4-3-7-21-13-14)8-16(10-18)17(11-19)12-20;2*1-6-2-4-7(5-3-6)11(8,9)10;;;;/h2*3-8,13H,9-10H2,1-2H3;2*2-5H,1H3,(H,8,9,10);;;2*1H2/q;;;;2*+1;;/b2*6-5+;;;;;;. The number of benzene rings is 2. The van der Waals surface area contributed by atoms with E-state index in [-0.39, 0.29) is 87.5 Å². The van der Waals surface area contributed by atoms with Crippen LogP contribution in [0, 0.1) is 70.0 Å². The van der Waals surface area contributed by atoms with E-state index in [0.717, 1.165) is 70.2 Å². The quantitative estimate of drug-likeness (QED) is 0.0762. The minimum absolute atomic E-state index is 0. The van der Waals surface area contributed by atoms with Crippen LogP contribution in [-0.2, 0) is 75.9 Å². The molecule has 2 aliphatic rings. The molecular weight excluding hydrogens is 1090 g/mol. The number of nitrogens with zero attached hydrogens (tertiary/aromatic N) is 6. The number of rotatable bonds is 6. The fraction of sp³-hybridized carbons (Fsp3) is 0.240. The Hall–Kier alpha value is -5.64. The normalized spacial score (nSPS) is 14.2. The van der Waals surface area contributed by atoms with Gasteiger partial charge >= 0.3 is 44.8 Å². The molecule has 0 atom stereocenters. The van der Waals surface area contributed by atoms with Gasteiger partial charge in [0.05, 0.1) is 9.79 Å². The second kappa shape index (κ2) is 30.0. The molecule has 4 aromatic rings. The topological polar surface area (TPSA) is 301 Å². The number of allylic oxidation sites excluding steroid dienone is 10. The van der Waals surface area contributed by atoms with E-state index < -0.39 is 20.2 Å². The average Bonchev–Trinajstić information content (AvgIpc) is 3.23. The molecule has 2 heterocycles. The number of nitriles is 4. The van der Waals surface area contributed by atoms with E-state index in [4.69, 9.17) is 21.0 Å². The van der Waals surface area contributed by atoms with Gasteiger partial charge in [0.15, 0.2) is 0 Å². The van der Waals surface area contributed by atoms with Gasteiger partial charge in [0.25, 0.3) is 0 Å². The van der Waals surface area contributed by atoms with Crippen LogP contribution in [0.15, 0.2) is 165 Å². The monoisotopic (exact) mass is 1140 g/mol. The fourth-order valence-corrected chi connectivity index (χ4v) is 7.49. The third-order valence-electron chi connectivity index (χ3n) is 9.48. The third kappa shape index (κ3) is 22.9. The van der Waals surface area contributed by atoms with Crippen LogP contribution in [0.3, 0.4) is 0 Å². The van der Waals surface area contributed by atoms with Crippen molar-refractivity contribution >= 4 is 32.4 Å². The van der Waals surface area contributed by atoms with E-state index in [9.17, 15) is 25.9 Å². The molecule has 14 nitrogen and oxygen atoms in total. The maximum atomic E-state index is 10.4. The Kier molecular flexibility index (Phi) is 28.4. The van der Waals surface area contributed by atoms with Crippen molar-refractivity contribution in [2.45, 2.75) is 77.0 Å². The van der Waals surface area contributed by atoms with E-state index in [1.165, 1.54) is 24.3 Å². The Balaban J connectivity index is 0. The molecule has 68 heavy (non-hydrogen) atoms. The molecular formula is C50H54Ag2N6O8S2+2. The first-order valence-corrected chi connectivity index (χ1v) is 22.6. The largest absolute Gasteiger partial charge is 1.00 e. The van der Waals surface area contributed by atoms with Gasteiger partial charge in [0.1, 0.15) is 55.7 Å². The van der Waals surface area contributed by atoms with Crippen LogP contribution >= 0.6 is 0 Å². The van der Waals surface area contributed by atoms with Gasteiger partial charge in [-0.15, -0.1) is 0 Å². The van der Waals surface area contributed by atoms with Crippen molar-refractivity contribution in [2.24, 2.45) is 10.8 Å². The third-order valence-corrected chi connectivity index (χ3v) is 11.2. The van der Waals surface area contributed by atoms with Crippen LogP contribution in [0.5, 0.6) is 0 Å². The van der Waals surface area contributed by atoms with Crippen LogP contribution < -0.4 is 0 Å². The smallest absolute Gasteiger partial charge is 0.744 e. The summed E-state index contributed by atoms with van der Waals surface area (Å²) in [4.78, 5) is 7.81. The van der Waals surface area contributed by atoms with Gasteiger partial charge in [-0.3, -0.25) is 9.97 Å². The van der Waals surface area contributed by atoms with E-state index in [2.05, 4.69) is 37.7 Å². The van der Waals surface area contributed by atoms with Crippen molar-refractivity contribution in [3.05, 3.63) is 178 Å². The van der Waals surface area contributed by atoms with Crippen molar-refractivity contribution in [2.75, 3.05) is 0 Å². The Morgan fingerprint density at radius 1 is 0.544 bits per heavy atom. The van der Waals surface area contributed by atoms with Crippen molar-refractivity contribution < 1.29 is 81.7 Å². The number of hydrogen-bond donors (Lipinski definition) is 0. The molecule has 0 saturated heterocycles. The second-order valence-corrected chi connectivity index (χ2v) is 19.3. The van der Waals surface area contributed by atoms with Gasteiger partial charge in [0, 0.05) is 24.8 Å². The molecule has 2 aromatic heterocycles. The maximum absolute atomic E-state index is 10.4. The van der Waals surface area contributed by atoms with E-state index in [1.54, 1.807) is 49.1 Å². The number of aromatic nitrogens is 2. The summed E-state index contributed by atoms with van der Waals surface area (Å²) in [7, 11) is -8.54. The number of pyridine rings is 2. The molecule has 364 valence electrons. The van der Waals surface area contributed by atoms with Gasteiger partial charge in [-0.25, -0.2) is 16.8 Å². The number of aryl methyl sites for hydroxylation is 2. The zero-order valence-electron chi connectivity index (χ0n) is 38.2. The number of hydrogen-bond acceptors (Lipinski definition) is 12. The average molecular weight is 1150 g/mol. The molecule has 0 fully saturated rings. The Morgan fingerprint density at radius 2 is 0.853 bits per heavy atom. The molecule has 0 aliphatic heterocycles. The van der Waals surface area contributed by atoms with Crippen molar-refractivity contribution in [1.29, 1.82) is 21.0 Å². The summed E-state index contributed by atoms with van der Waals surface area (Å²) in [6.45, 7) is 12.3. The maximum Gasteiger partial charge on any atom is 1.00 e. The molecule has 2 aromatic carbocycles. The summed E-state index contributed by atoms with van der Waals surface area (Å²) < 4.78 is 62.3. The molecule has 6 rings (SSSR count). The molecule has 0 amide bonds. The first-order chi connectivity index (χ1) is 30.1. The minimum atomic E-state index is -4.27. The molecule has 0 saturated carbocycles. The molecule has 6 N–H and O–H groups in total. The van der Waals surface area contributed by atoms with Gasteiger partial charge in [0.2, 0.25) is 0 Å². The zero-order chi connectivity index (χ0) is 47.6. The van der Waals surface area contributed by atoms with Gasteiger partial charge in [-0.1, -0.05) is 112 Å². The molecule has 0 unspecified atom stereocenters. The summed E-state index contributed by atoms with van der Waals surface area (Å²) in [6.07, 6.45) is 22.5. The van der Waals surface area contributed by atoms with Gasteiger partial charge in [-0.2, -0.15) is 21.0 Å². The fourth-order valence-electron chi connectivity index (χ4n) is 6.55. The van der Waals surface area contributed by atoms with Crippen LogP contribution in [0.25, 0.3) is 12.2 Å². The van der Waals surface area contributed by atoms with Crippen molar-refractivity contribution in [1.82, 2.24) is 9.97 Å². The SMILES string of the molecule is CC1(C)CC(/C=C/c2cccnc2)=CC(=C(C#N)C#N)C1.CC1(C)CC(/C=C/c2cccnc2)=CC(=C(C#N)C#N)C1.Cc1ccc(S(=O)(=O)[O-])cc1.Cc1ccc(S(=O)(=O)[O-])cc1.[Ag+].[Ag+].[OH3+].[OH3+]. The zero-order valence-corrected chi connectivity index (χ0v) is 42.8. The van der Waals surface area contributed by atoms with Crippen molar-refractivity contribution in [3.63, 3.8) is 0 Å². The van der Waals surface area contributed by atoms with Crippen molar-refractivity contribution in [3.8, 4) is 24.3 Å². The predicted octanol–water partition coefficient (Wildman–Crippen LogP) is 8.32. The molecule has 0 spiro atoms. The molecule has 18 heteroatoms. The van der Waals surface area contributed by atoms with Crippen LogP contribution in [0.4, 0.5) is 0 Å². The first-order valence-electron chi connectivity index (χ1n) is 19.8. The summed E-state index contributed by atoms with van der Waals surface area (Å²) in [5.74, 6) is 0. The van der Waals surface area contributed by atoms with E-state index in [1.807, 2.05) is 98.8 Å². The van der Waals surface area contributed by atoms with Gasteiger partial charge in [-0.05, 0) is 120 Å². The Bertz CT molecular complexity index is 2640. The van der Waals surface area contributed by atoms with E-state index >= 15 is 0 Å². The molecule has 2 aliphatic carbocycles. The van der Waals surface area contributed by atoms with Crippen LogP contribution in [-0.4, -0.2) is 35.9 Å². The summed E-state index contributed by atoms with van der Waals surface area (Å²) in [6, 6.07) is 27.3. The molecule has 0 radical (unpaired) electrons. The van der Waals surface area contributed by atoms with Gasteiger partial charge < -0.3 is 20.1 Å². The molecule has 0 bridgehead atoms.